The SMILES string of the molecule is Cc1nn(Cc2ccc(Cl)c(Cl)c2)c(C)c1NC(=O)C1C2CCC(O2)C1C(=O)O. The highest BCUT2D eigenvalue weighted by Crippen LogP contribution is 2.44. The van der Waals surface area contributed by atoms with E-state index >= 15 is 0 Å². The molecule has 1 aromatic heterocycles. The summed E-state index contributed by atoms with van der Waals surface area (Å²) in [6.45, 7) is 4.13. The number of aromatic nitrogens is 2. The second-order valence-electron chi connectivity index (χ2n) is 7.62. The Morgan fingerprint density at radius 1 is 1.21 bits per heavy atom. The molecule has 2 aliphatic heterocycles. The molecule has 4 unspecified atom stereocenters. The molecule has 29 heavy (non-hydrogen) atoms. The highest BCUT2D eigenvalue weighted by atomic mass is 35.5. The largest absolute Gasteiger partial charge is 0.481 e. The lowest BCUT2D eigenvalue weighted by Gasteiger charge is -2.23. The van der Waals surface area contributed by atoms with Gasteiger partial charge in [-0.2, -0.15) is 5.10 Å². The van der Waals surface area contributed by atoms with E-state index in [-0.39, 0.29) is 18.1 Å². The third-order valence-electron chi connectivity index (χ3n) is 5.81. The van der Waals surface area contributed by atoms with Crippen molar-refractivity contribution in [2.45, 2.75) is 45.4 Å². The standard InChI is InChI=1S/C20H21Cl2N3O4/c1-9-18(10(2)25(24-9)8-11-3-4-12(21)13(22)7-11)23-19(26)16-14-5-6-15(29-14)17(16)20(27)28/h3-4,7,14-17H,5-6,8H2,1-2H3,(H,23,26)(H,27,28). The van der Waals surface area contributed by atoms with Gasteiger partial charge < -0.3 is 15.2 Å². The molecule has 2 saturated heterocycles. The van der Waals surface area contributed by atoms with Gasteiger partial charge in [-0.05, 0) is 44.4 Å². The number of nitrogens with one attached hydrogen (secondary N) is 1. The first kappa shape index (κ1) is 20.2. The Morgan fingerprint density at radius 2 is 1.90 bits per heavy atom. The van der Waals surface area contributed by atoms with Gasteiger partial charge >= 0.3 is 5.97 Å². The third-order valence-corrected chi connectivity index (χ3v) is 6.55. The third kappa shape index (κ3) is 3.63. The summed E-state index contributed by atoms with van der Waals surface area (Å²) in [5, 5.41) is 17.9. The first-order chi connectivity index (χ1) is 13.8. The van der Waals surface area contributed by atoms with Crippen LogP contribution in [-0.2, 0) is 20.9 Å². The maximum Gasteiger partial charge on any atom is 0.310 e. The average Bonchev–Trinajstić information content (AvgIpc) is 3.34. The molecule has 1 amide bonds. The number of carboxylic acids is 1. The van der Waals surface area contributed by atoms with Crippen LogP contribution < -0.4 is 5.32 Å². The van der Waals surface area contributed by atoms with E-state index in [1.54, 1.807) is 23.7 Å². The predicted octanol–water partition coefficient (Wildman–Crippen LogP) is 3.67. The molecular weight excluding hydrogens is 417 g/mol. The predicted molar refractivity (Wildman–Crippen MR) is 108 cm³/mol. The number of benzene rings is 1. The smallest absolute Gasteiger partial charge is 0.310 e. The molecule has 0 aliphatic carbocycles. The molecule has 0 spiro atoms. The number of fused-ring (bicyclic) bond motifs is 2. The van der Waals surface area contributed by atoms with Crippen LogP contribution in [-0.4, -0.2) is 39.0 Å². The summed E-state index contributed by atoms with van der Waals surface area (Å²) in [7, 11) is 0. The van der Waals surface area contributed by atoms with Crippen LogP contribution in [0.1, 0.15) is 29.8 Å². The second kappa shape index (κ2) is 7.63. The Morgan fingerprint density at radius 3 is 2.55 bits per heavy atom. The number of hydrogen-bond acceptors (Lipinski definition) is 4. The maximum atomic E-state index is 13.0. The zero-order valence-corrected chi connectivity index (χ0v) is 17.5. The van der Waals surface area contributed by atoms with E-state index in [1.165, 1.54) is 0 Å². The number of nitrogens with zero attached hydrogens (tertiary/aromatic N) is 2. The summed E-state index contributed by atoms with van der Waals surface area (Å²) in [6.07, 6.45) is 0.673. The van der Waals surface area contributed by atoms with Crippen molar-refractivity contribution in [3.8, 4) is 0 Å². The molecule has 2 aromatic rings. The summed E-state index contributed by atoms with van der Waals surface area (Å²) in [5.74, 6) is -2.81. The van der Waals surface area contributed by atoms with Gasteiger partial charge in [0.1, 0.15) is 0 Å². The van der Waals surface area contributed by atoms with Crippen molar-refractivity contribution in [2.75, 3.05) is 5.32 Å². The lowest BCUT2D eigenvalue weighted by Crippen LogP contribution is -2.41. The minimum atomic E-state index is -0.985. The summed E-state index contributed by atoms with van der Waals surface area (Å²) < 4.78 is 7.47. The molecule has 3 heterocycles. The molecule has 2 aliphatic rings. The summed E-state index contributed by atoms with van der Waals surface area (Å²) >= 11 is 12.1. The van der Waals surface area contributed by atoms with E-state index in [0.717, 1.165) is 11.3 Å². The summed E-state index contributed by atoms with van der Waals surface area (Å²) in [5.41, 5.74) is 2.96. The number of carboxylic acid groups (broad SMARTS) is 1. The molecule has 4 rings (SSSR count). The highest BCUT2D eigenvalue weighted by molar-refractivity contribution is 6.42. The number of ether oxygens (including phenoxy) is 1. The number of anilines is 1. The van der Waals surface area contributed by atoms with Crippen LogP contribution in [0.25, 0.3) is 0 Å². The van der Waals surface area contributed by atoms with E-state index in [0.29, 0.717) is 40.8 Å². The van der Waals surface area contributed by atoms with Crippen LogP contribution >= 0.6 is 23.2 Å². The van der Waals surface area contributed by atoms with Gasteiger partial charge in [0.15, 0.2) is 0 Å². The van der Waals surface area contributed by atoms with Crippen molar-refractivity contribution in [3.63, 3.8) is 0 Å². The highest BCUT2D eigenvalue weighted by Gasteiger charge is 2.55. The molecule has 2 N–H and O–H groups in total. The summed E-state index contributed by atoms with van der Waals surface area (Å²) in [4.78, 5) is 24.6. The van der Waals surface area contributed by atoms with Crippen LogP contribution in [0.5, 0.6) is 0 Å². The first-order valence-electron chi connectivity index (χ1n) is 9.43. The Labute approximate surface area is 177 Å². The molecule has 9 heteroatoms. The van der Waals surface area contributed by atoms with E-state index in [4.69, 9.17) is 27.9 Å². The van der Waals surface area contributed by atoms with Crippen molar-refractivity contribution in [2.24, 2.45) is 11.8 Å². The minimum Gasteiger partial charge on any atom is -0.481 e. The maximum absolute atomic E-state index is 13.0. The molecule has 2 bridgehead atoms. The lowest BCUT2D eigenvalue weighted by atomic mass is 9.78. The molecule has 2 fully saturated rings. The van der Waals surface area contributed by atoms with E-state index < -0.39 is 17.8 Å². The molecule has 0 saturated carbocycles. The fraction of sp³-hybridized carbons (Fsp3) is 0.450. The zero-order valence-electron chi connectivity index (χ0n) is 16.0. The van der Waals surface area contributed by atoms with Gasteiger partial charge in [-0.25, -0.2) is 0 Å². The minimum absolute atomic E-state index is 0.329. The number of aryl methyl sites for hydroxylation is 1. The van der Waals surface area contributed by atoms with Crippen LogP contribution in [0.3, 0.4) is 0 Å². The molecule has 154 valence electrons. The number of amides is 1. The summed E-state index contributed by atoms with van der Waals surface area (Å²) in [6, 6.07) is 5.38. The molecule has 0 radical (unpaired) electrons. The Kier molecular flexibility index (Phi) is 5.31. The van der Waals surface area contributed by atoms with Crippen molar-refractivity contribution in [3.05, 3.63) is 45.2 Å². The number of aliphatic carboxylic acids is 1. The first-order valence-corrected chi connectivity index (χ1v) is 10.2. The van der Waals surface area contributed by atoms with Crippen molar-refractivity contribution >= 4 is 40.8 Å². The normalized spacial score (nSPS) is 25.4. The van der Waals surface area contributed by atoms with Gasteiger partial charge in [0.2, 0.25) is 5.91 Å². The van der Waals surface area contributed by atoms with Crippen molar-refractivity contribution in [1.29, 1.82) is 0 Å². The second-order valence-corrected chi connectivity index (χ2v) is 8.44. The zero-order chi connectivity index (χ0) is 20.9. The number of halogens is 2. The average molecular weight is 438 g/mol. The van der Waals surface area contributed by atoms with Crippen molar-refractivity contribution < 1.29 is 19.4 Å². The van der Waals surface area contributed by atoms with Crippen LogP contribution in [0.4, 0.5) is 5.69 Å². The molecule has 4 atom stereocenters. The van der Waals surface area contributed by atoms with Gasteiger partial charge in [0.25, 0.3) is 0 Å². The van der Waals surface area contributed by atoms with Gasteiger partial charge in [-0.15, -0.1) is 0 Å². The number of carbonyl (C=O) groups excluding carboxylic acids is 1. The lowest BCUT2D eigenvalue weighted by molar-refractivity contribution is -0.147. The van der Waals surface area contributed by atoms with Crippen LogP contribution in [0, 0.1) is 25.7 Å². The van der Waals surface area contributed by atoms with Gasteiger partial charge in [0.05, 0.1) is 57.7 Å². The van der Waals surface area contributed by atoms with E-state index in [2.05, 4.69) is 10.4 Å². The number of carbonyl (C=O) groups is 2. The fourth-order valence-electron chi connectivity index (χ4n) is 4.37. The quantitative estimate of drug-likeness (QED) is 0.743. The van der Waals surface area contributed by atoms with Gasteiger partial charge in [-0.1, -0.05) is 29.3 Å². The van der Waals surface area contributed by atoms with Crippen LogP contribution in [0.15, 0.2) is 18.2 Å². The number of hydrogen-bond donors (Lipinski definition) is 2. The van der Waals surface area contributed by atoms with Crippen LogP contribution in [0.2, 0.25) is 10.0 Å². The van der Waals surface area contributed by atoms with Crippen molar-refractivity contribution in [1.82, 2.24) is 9.78 Å². The van der Waals surface area contributed by atoms with E-state index in [9.17, 15) is 14.7 Å². The van der Waals surface area contributed by atoms with Gasteiger partial charge in [-0.3, -0.25) is 14.3 Å². The molecule has 7 nitrogen and oxygen atoms in total. The van der Waals surface area contributed by atoms with Gasteiger partial charge in [0, 0.05) is 0 Å². The monoisotopic (exact) mass is 437 g/mol. The fourth-order valence-corrected chi connectivity index (χ4v) is 4.69. The molecular formula is C20H21Cl2N3O4. The van der Waals surface area contributed by atoms with E-state index in [1.807, 2.05) is 13.0 Å². The Balaban J connectivity index is 1.54. The Hall–Kier alpha value is -2.09. The topological polar surface area (TPSA) is 93.5 Å². The molecule has 1 aromatic carbocycles. The number of rotatable bonds is 5. The Bertz CT molecular complexity index is 990.